The fourth-order valence-electron chi connectivity index (χ4n) is 1.45. The normalized spacial score (nSPS) is 11.5. The van der Waals surface area contributed by atoms with E-state index in [-0.39, 0.29) is 0 Å². The van der Waals surface area contributed by atoms with E-state index in [1.54, 1.807) is 0 Å². The molecule has 0 aliphatic carbocycles. The monoisotopic (exact) mass is 205 g/mol. The zero-order chi connectivity index (χ0) is 10.8. The Bertz CT molecular complexity index is 460. The third kappa shape index (κ3) is 1.83. The lowest BCUT2D eigenvalue weighted by Gasteiger charge is -2.05. The van der Waals surface area contributed by atoms with Gasteiger partial charge in [-0.05, 0) is 18.0 Å². The second-order valence-corrected chi connectivity index (χ2v) is 3.87. The van der Waals surface area contributed by atoms with Crippen LogP contribution in [-0.4, -0.2) is 26.1 Å². The molecule has 0 bridgehead atoms. The van der Waals surface area contributed by atoms with Gasteiger partial charge < -0.3 is 5.73 Å². The molecule has 15 heavy (non-hydrogen) atoms. The zero-order valence-corrected chi connectivity index (χ0v) is 9.01. The minimum atomic E-state index is 0.454. The highest BCUT2D eigenvalue weighted by atomic mass is 15.3. The van der Waals surface area contributed by atoms with E-state index in [1.807, 2.05) is 16.8 Å². The summed E-state index contributed by atoms with van der Waals surface area (Å²) in [5.41, 5.74) is 6.69. The van der Waals surface area contributed by atoms with E-state index in [0.29, 0.717) is 18.2 Å². The van der Waals surface area contributed by atoms with E-state index in [1.165, 1.54) is 5.56 Å². The molecule has 0 unspecified atom stereocenters. The summed E-state index contributed by atoms with van der Waals surface area (Å²) in [6.07, 6.45) is 4.61. The molecule has 5 heteroatoms. The van der Waals surface area contributed by atoms with Crippen molar-refractivity contribution < 1.29 is 0 Å². The predicted molar refractivity (Wildman–Crippen MR) is 57.6 cm³/mol. The number of hydrogen-bond donors (Lipinski definition) is 1. The van der Waals surface area contributed by atoms with Crippen LogP contribution in [0.1, 0.15) is 31.2 Å². The summed E-state index contributed by atoms with van der Waals surface area (Å²) in [5.74, 6) is 1.97. The van der Waals surface area contributed by atoms with Crippen LogP contribution >= 0.6 is 0 Å². The Labute approximate surface area is 88.3 Å². The lowest BCUT2D eigenvalue weighted by molar-refractivity contribution is 0.815. The second kappa shape index (κ2) is 3.94. The highest BCUT2D eigenvalue weighted by Crippen LogP contribution is 2.13. The molecular weight excluding hydrogens is 190 g/mol. The quantitative estimate of drug-likeness (QED) is 0.802. The van der Waals surface area contributed by atoms with E-state index in [9.17, 15) is 0 Å². The molecule has 0 saturated heterocycles. The van der Waals surface area contributed by atoms with Gasteiger partial charge in [-0.25, -0.2) is 4.98 Å². The zero-order valence-electron chi connectivity index (χ0n) is 9.01. The highest BCUT2D eigenvalue weighted by Gasteiger charge is 2.07. The van der Waals surface area contributed by atoms with Gasteiger partial charge in [0.1, 0.15) is 5.82 Å². The molecule has 0 aromatic carbocycles. The Morgan fingerprint density at radius 3 is 2.87 bits per heavy atom. The molecule has 0 atom stereocenters. The van der Waals surface area contributed by atoms with Crippen LogP contribution in [0.5, 0.6) is 0 Å². The van der Waals surface area contributed by atoms with Crippen LogP contribution in [0, 0.1) is 0 Å². The maximum absolute atomic E-state index is 5.51. The lowest BCUT2D eigenvalue weighted by Crippen LogP contribution is -2.07. The van der Waals surface area contributed by atoms with Crippen LogP contribution < -0.4 is 5.73 Å². The topological polar surface area (TPSA) is 69.1 Å². The summed E-state index contributed by atoms with van der Waals surface area (Å²) in [5, 5.41) is 8.04. The molecule has 0 spiro atoms. The fourth-order valence-corrected chi connectivity index (χ4v) is 1.45. The smallest absolute Gasteiger partial charge is 0.254 e. The van der Waals surface area contributed by atoms with Gasteiger partial charge in [0.05, 0.1) is 0 Å². The molecule has 80 valence electrons. The Kier molecular flexibility index (Phi) is 2.64. The minimum absolute atomic E-state index is 0.454. The van der Waals surface area contributed by atoms with Gasteiger partial charge in [0.25, 0.3) is 5.78 Å². The molecule has 5 nitrogen and oxygen atoms in total. The number of nitrogens with zero attached hydrogens (tertiary/aromatic N) is 4. The summed E-state index contributed by atoms with van der Waals surface area (Å²) in [7, 11) is 0. The minimum Gasteiger partial charge on any atom is -0.330 e. The first-order valence-corrected chi connectivity index (χ1v) is 5.12. The van der Waals surface area contributed by atoms with Gasteiger partial charge >= 0.3 is 0 Å². The average molecular weight is 205 g/mol. The first-order chi connectivity index (χ1) is 7.22. The summed E-state index contributed by atoms with van der Waals surface area (Å²) in [6, 6.07) is 0. The van der Waals surface area contributed by atoms with Gasteiger partial charge in [0, 0.05) is 18.8 Å². The predicted octanol–water partition coefficient (Wildman–Crippen LogP) is 0.749. The van der Waals surface area contributed by atoms with Crippen LogP contribution in [0.25, 0.3) is 5.78 Å². The Morgan fingerprint density at radius 1 is 1.40 bits per heavy atom. The fraction of sp³-hybridized carbons (Fsp3) is 0.500. The van der Waals surface area contributed by atoms with E-state index < -0.39 is 0 Å². The molecule has 0 aliphatic heterocycles. The van der Waals surface area contributed by atoms with Crippen molar-refractivity contribution in [1.29, 1.82) is 0 Å². The van der Waals surface area contributed by atoms with Gasteiger partial charge in [-0.1, -0.05) is 13.8 Å². The molecule has 0 saturated carbocycles. The van der Waals surface area contributed by atoms with E-state index in [2.05, 4.69) is 29.0 Å². The molecule has 2 N–H and O–H groups in total. The summed E-state index contributed by atoms with van der Waals surface area (Å²) in [6.45, 7) is 4.85. The third-order valence-corrected chi connectivity index (χ3v) is 2.39. The number of aromatic nitrogens is 4. The average Bonchev–Trinajstić information content (AvgIpc) is 2.61. The third-order valence-electron chi connectivity index (χ3n) is 2.39. The molecule has 0 fully saturated rings. The standard InChI is InChI=1S/C10H15N5/c1-7(2)8-5-12-10-14-13-9(3-4-11)15(10)6-8/h5-7H,3-4,11H2,1-2H3. The Morgan fingerprint density at radius 2 is 2.20 bits per heavy atom. The highest BCUT2D eigenvalue weighted by molar-refractivity contribution is 5.29. The SMILES string of the molecule is CC(C)c1cnc2nnc(CCN)n2c1. The summed E-state index contributed by atoms with van der Waals surface area (Å²) in [4.78, 5) is 4.25. The molecule has 2 aromatic heterocycles. The first kappa shape index (κ1) is 10.0. The number of hydrogen-bond acceptors (Lipinski definition) is 4. The van der Waals surface area contributed by atoms with E-state index in [0.717, 1.165) is 12.2 Å². The largest absolute Gasteiger partial charge is 0.330 e. The second-order valence-electron chi connectivity index (χ2n) is 3.87. The van der Waals surface area contributed by atoms with Crippen LogP contribution in [0.4, 0.5) is 0 Å². The molecule has 2 aromatic rings. The van der Waals surface area contributed by atoms with Gasteiger partial charge in [0.15, 0.2) is 0 Å². The van der Waals surface area contributed by atoms with Gasteiger partial charge in [-0.3, -0.25) is 4.40 Å². The van der Waals surface area contributed by atoms with Crippen molar-refractivity contribution in [3.05, 3.63) is 23.8 Å². The van der Waals surface area contributed by atoms with Crippen molar-refractivity contribution in [1.82, 2.24) is 19.6 Å². The molecule has 0 aliphatic rings. The number of fused-ring (bicyclic) bond motifs is 1. The summed E-state index contributed by atoms with van der Waals surface area (Å²) >= 11 is 0. The molecular formula is C10H15N5. The van der Waals surface area contributed by atoms with Crippen molar-refractivity contribution in [2.75, 3.05) is 6.54 Å². The van der Waals surface area contributed by atoms with Gasteiger partial charge in [-0.2, -0.15) is 0 Å². The van der Waals surface area contributed by atoms with Crippen molar-refractivity contribution in [3.63, 3.8) is 0 Å². The maximum atomic E-state index is 5.51. The number of nitrogens with two attached hydrogens (primary N) is 1. The van der Waals surface area contributed by atoms with E-state index >= 15 is 0 Å². The van der Waals surface area contributed by atoms with Gasteiger partial charge in [-0.15, -0.1) is 10.2 Å². The number of rotatable bonds is 3. The Balaban J connectivity index is 2.51. The molecule has 2 heterocycles. The lowest BCUT2D eigenvalue weighted by atomic mass is 10.1. The van der Waals surface area contributed by atoms with Crippen LogP contribution in [0.15, 0.2) is 12.4 Å². The van der Waals surface area contributed by atoms with Crippen molar-refractivity contribution in [3.8, 4) is 0 Å². The van der Waals surface area contributed by atoms with Crippen LogP contribution in [-0.2, 0) is 6.42 Å². The molecule has 0 amide bonds. The van der Waals surface area contributed by atoms with Crippen molar-refractivity contribution >= 4 is 5.78 Å². The first-order valence-electron chi connectivity index (χ1n) is 5.12. The summed E-state index contributed by atoms with van der Waals surface area (Å²) < 4.78 is 1.92. The van der Waals surface area contributed by atoms with Crippen LogP contribution in [0.2, 0.25) is 0 Å². The maximum Gasteiger partial charge on any atom is 0.254 e. The molecule has 2 rings (SSSR count). The van der Waals surface area contributed by atoms with E-state index in [4.69, 9.17) is 5.73 Å². The molecule has 0 radical (unpaired) electrons. The Hall–Kier alpha value is -1.49. The van der Waals surface area contributed by atoms with Crippen molar-refractivity contribution in [2.45, 2.75) is 26.2 Å². The van der Waals surface area contributed by atoms with Crippen LogP contribution in [0.3, 0.4) is 0 Å². The van der Waals surface area contributed by atoms with Crippen molar-refractivity contribution in [2.24, 2.45) is 5.73 Å². The van der Waals surface area contributed by atoms with Gasteiger partial charge in [0.2, 0.25) is 0 Å².